The summed E-state index contributed by atoms with van der Waals surface area (Å²) in [6, 6.07) is 6.20. The molecule has 0 bridgehead atoms. The number of carbonyl (C=O) groups is 1. The Balaban J connectivity index is 1.63. The number of rotatable bonds is 5. The van der Waals surface area contributed by atoms with Crippen LogP contribution in [0.5, 0.6) is 0 Å². The smallest absolute Gasteiger partial charge is 0.226 e. The molecule has 1 amide bonds. The molecule has 1 aromatic carbocycles. The molecule has 2 aromatic heterocycles. The monoisotopic (exact) mass is 297 g/mol. The van der Waals surface area contributed by atoms with Gasteiger partial charge < -0.3 is 5.32 Å². The predicted molar refractivity (Wildman–Crippen MR) is 85.6 cm³/mol. The average molecular weight is 297 g/mol. The van der Waals surface area contributed by atoms with Crippen molar-refractivity contribution in [2.24, 2.45) is 0 Å². The molecule has 1 N–H and O–H groups in total. The fraction of sp³-hybridized carbons (Fsp3) is 0.312. The lowest BCUT2D eigenvalue weighted by atomic mass is 10.2. The van der Waals surface area contributed by atoms with Gasteiger partial charge in [-0.05, 0) is 25.5 Å². The largest absolute Gasteiger partial charge is 0.323 e. The number of aryl methyl sites for hydroxylation is 3. The fourth-order valence-electron chi connectivity index (χ4n) is 2.39. The standard InChI is InChI=1S/C16H19N5O/c1-3-20-11-14(10-17-20)19-16(22)6-7-21-15-8-12(2)4-5-13(15)9-18-21/h4-5,8-11H,3,6-7H2,1-2H3,(H,19,22). The number of aromatic nitrogens is 4. The van der Waals surface area contributed by atoms with E-state index in [0.29, 0.717) is 13.0 Å². The first-order valence-electron chi connectivity index (χ1n) is 7.40. The quantitative estimate of drug-likeness (QED) is 0.787. The lowest BCUT2D eigenvalue weighted by Gasteiger charge is -2.05. The third-order valence-electron chi connectivity index (χ3n) is 3.59. The number of carbonyl (C=O) groups excluding carboxylic acids is 1. The average Bonchev–Trinajstić information content (AvgIpc) is 3.11. The van der Waals surface area contributed by atoms with Crippen molar-refractivity contribution in [3.05, 3.63) is 42.4 Å². The molecule has 0 saturated heterocycles. The predicted octanol–water partition coefficient (Wildman–Crippen LogP) is 2.59. The highest BCUT2D eigenvalue weighted by Crippen LogP contribution is 2.15. The molecule has 0 atom stereocenters. The van der Waals surface area contributed by atoms with Crippen molar-refractivity contribution >= 4 is 22.5 Å². The van der Waals surface area contributed by atoms with Crippen LogP contribution in [-0.4, -0.2) is 25.5 Å². The van der Waals surface area contributed by atoms with Crippen LogP contribution in [0.3, 0.4) is 0 Å². The van der Waals surface area contributed by atoms with Crippen LogP contribution in [0, 0.1) is 6.92 Å². The zero-order chi connectivity index (χ0) is 15.5. The highest BCUT2D eigenvalue weighted by atomic mass is 16.1. The van der Waals surface area contributed by atoms with Crippen molar-refractivity contribution in [2.45, 2.75) is 33.4 Å². The molecule has 0 unspecified atom stereocenters. The van der Waals surface area contributed by atoms with E-state index in [9.17, 15) is 4.79 Å². The van der Waals surface area contributed by atoms with Crippen molar-refractivity contribution in [3.63, 3.8) is 0 Å². The van der Waals surface area contributed by atoms with Gasteiger partial charge in [0.15, 0.2) is 0 Å². The van der Waals surface area contributed by atoms with Gasteiger partial charge in [-0.25, -0.2) is 0 Å². The first-order chi connectivity index (χ1) is 10.7. The summed E-state index contributed by atoms with van der Waals surface area (Å²) in [5, 5.41) is 12.4. The summed E-state index contributed by atoms with van der Waals surface area (Å²) in [4.78, 5) is 12.0. The van der Waals surface area contributed by atoms with Crippen LogP contribution >= 0.6 is 0 Å². The highest BCUT2D eigenvalue weighted by Gasteiger charge is 2.07. The maximum absolute atomic E-state index is 12.0. The molecule has 3 aromatic rings. The normalized spacial score (nSPS) is 11.0. The number of nitrogens with zero attached hydrogens (tertiary/aromatic N) is 4. The summed E-state index contributed by atoms with van der Waals surface area (Å²) in [7, 11) is 0. The van der Waals surface area contributed by atoms with Gasteiger partial charge in [-0.15, -0.1) is 0 Å². The van der Waals surface area contributed by atoms with Crippen molar-refractivity contribution in [3.8, 4) is 0 Å². The van der Waals surface area contributed by atoms with E-state index in [2.05, 4.69) is 34.6 Å². The minimum absolute atomic E-state index is 0.0352. The molecule has 6 heteroatoms. The van der Waals surface area contributed by atoms with Gasteiger partial charge in [-0.3, -0.25) is 14.2 Å². The first kappa shape index (κ1) is 14.3. The summed E-state index contributed by atoms with van der Waals surface area (Å²) in [6.07, 6.45) is 5.69. The summed E-state index contributed by atoms with van der Waals surface area (Å²) in [5.74, 6) is -0.0352. The molecule has 0 fully saturated rings. The number of amides is 1. The van der Waals surface area contributed by atoms with Crippen molar-refractivity contribution < 1.29 is 4.79 Å². The lowest BCUT2D eigenvalue weighted by molar-refractivity contribution is -0.116. The summed E-state index contributed by atoms with van der Waals surface area (Å²) >= 11 is 0. The minimum Gasteiger partial charge on any atom is -0.323 e. The molecule has 0 saturated carbocycles. The van der Waals surface area contributed by atoms with Gasteiger partial charge in [0.1, 0.15) is 0 Å². The van der Waals surface area contributed by atoms with E-state index in [-0.39, 0.29) is 5.91 Å². The number of benzene rings is 1. The lowest BCUT2D eigenvalue weighted by Crippen LogP contribution is -2.14. The van der Waals surface area contributed by atoms with E-state index in [0.717, 1.165) is 23.1 Å². The first-order valence-corrected chi connectivity index (χ1v) is 7.40. The molecule has 22 heavy (non-hydrogen) atoms. The van der Waals surface area contributed by atoms with Gasteiger partial charge in [0.05, 0.1) is 30.1 Å². The second kappa shape index (κ2) is 6.01. The molecular weight excluding hydrogens is 278 g/mol. The van der Waals surface area contributed by atoms with Crippen LogP contribution in [0.2, 0.25) is 0 Å². The Morgan fingerprint density at radius 2 is 2.14 bits per heavy atom. The summed E-state index contributed by atoms with van der Waals surface area (Å²) in [5.41, 5.74) is 2.98. The van der Waals surface area contributed by atoms with Gasteiger partial charge in [0.25, 0.3) is 0 Å². The Labute approximate surface area is 128 Å². The van der Waals surface area contributed by atoms with Gasteiger partial charge in [-0.2, -0.15) is 10.2 Å². The van der Waals surface area contributed by atoms with Gasteiger partial charge in [-0.1, -0.05) is 12.1 Å². The second-order valence-corrected chi connectivity index (χ2v) is 5.31. The van der Waals surface area contributed by atoms with E-state index >= 15 is 0 Å². The third kappa shape index (κ3) is 3.00. The number of anilines is 1. The zero-order valence-corrected chi connectivity index (χ0v) is 12.8. The van der Waals surface area contributed by atoms with Crippen LogP contribution in [0.1, 0.15) is 18.9 Å². The van der Waals surface area contributed by atoms with E-state index < -0.39 is 0 Å². The Bertz CT molecular complexity index is 802. The van der Waals surface area contributed by atoms with E-state index in [1.807, 2.05) is 30.1 Å². The molecule has 0 aliphatic carbocycles. The SMILES string of the molecule is CCn1cc(NC(=O)CCn2ncc3ccc(C)cc32)cn1. The molecule has 0 spiro atoms. The summed E-state index contributed by atoms with van der Waals surface area (Å²) in [6.45, 7) is 5.40. The maximum Gasteiger partial charge on any atom is 0.226 e. The molecular formula is C16H19N5O. The highest BCUT2D eigenvalue weighted by molar-refractivity contribution is 5.90. The Morgan fingerprint density at radius 1 is 1.27 bits per heavy atom. The minimum atomic E-state index is -0.0352. The van der Waals surface area contributed by atoms with Crippen LogP contribution in [0.25, 0.3) is 10.9 Å². The van der Waals surface area contributed by atoms with Crippen molar-refractivity contribution in [2.75, 3.05) is 5.32 Å². The van der Waals surface area contributed by atoms with Crippen LogP contribution in [-0.2, 0) is 17.9 Å². The van der Waals surface area contributed by atoms with E-state index in [1.54, 1.807) is 10.9 Å². The second-order valence-electron chi connectivity index (χ2n) is 5.31. The molecule has 0 aliphatic rings. The zero-order valence-electron chi connectivity index (χ0n) is 12.8. The number of hydrogen-bond donors (Lipinski definition) is 1. The van der Waals surface area contributed by atoms with Crippen LogP contribution in [0.4, 0.5) is 5.69 Å². The van der Waals surface area contributed by atoms with Crippen molar-refractivity contribution in [1.82, 2.24) is 19.6 Å². The summed E-state index contributed by atoms with van der Waals surface area (Å²) < 4.78 is 3.65. The molecule has 2 heterocycles. The molecule has 114 valence electrons. The van der Waals surface area contributed by atoms with Crippen molar-refractivity contribution in [1.29, 1.82) is 0 Å². The van der Waals surface area contributed by atoms with Gasteiger partial charge >= 0.3 is 0 Å². The number of nitrogens with one attached hydrogen (secondary N) is 1. The van der Waals surface area contributed by atoms with Gasteiger partial charge in [0.2, 0.25) is 5.91 Å². The number of fused-ring (bicyclic) bond motifs is 1. The molecule has 0 radical (unpaired) electrons. The Hall–Kier alpha value is -2.63. The van der Waals surface area contributed by atoms with Gasteiger partial charge in [0, 0.05) is 24.5 Å². The maximum atomic E-state index is 12.0. The molecule has 6 nitrogen and oxygen atoms in total. The molecule has 3 rings (SSSR count). The fourth-order valence-corrected chi connectivity index (χ4v) is 2.39. The van der Waals surface area contributed by atoms with E-state index in [4.69, 9.17) is 0 Å². The molecule has 0 aliphatic heterocycles. The topological polar surface area (TPSA) is 64.7 Å². The van der Waals surface area contributed by atoms with Crippen LogP contribution < -0.4 is 5.32 Å². The van der Waals surface area contributed by atoms with E-state index in [1.165, 1.54) is 5.56 Å². The number of hydrogen-bond acceptors (Lipinski definition) is 3. The van der Waals surface area contributed by atoms with Crippen LogP contribution in [0.15, 0.2) is 36.8 Å². The Morgan fingerprint density at radius 3 is 2.91 bits per heavy atom. The Kier molecular flexibility index (Phi) is 3.91. The third-order valence-corrected chi connectivity index (χ3v) is 3.59.